The molecule has 1 aromatic carbocycles. The number of hydrogen-bond acceptors (Lipinski definition) is 2. The first-order valence-corrected chi connectivity index (χ1v) is 5.13. The maximum atomic E-state index is 7.55. The molecule has 0 aliphatic heterocycles. The van der Waals surface area contributed by atoms with Crippen molar-refractivity contribution in [3.8, 4) is 16.9 Å². The first-order chi connectivity index (χ1) is 7.58. The molecule has 4 N–H and O–H groups in total. The van der Waals surface area contributed by atoms with Crippen molar-refractivity contribution in [1.29, 1.82) is 0 Å². The highest BCUT2D eigenvalue weighted by atomic mass is 16.3. The molecule has 3 heteroatoms. The second-order valence-corrected chi connectivity index (χ2v) is 3.90. The van der Waals surface area contributed by atoms with Gasteiger partial charge < -0.3 is 10.8 Å². The van der Waals surface area contributed by atoms with Crippen molar-refractivity contribution in [3.63, 3.8) is 0 Å². The van der Waals surface area contributed by atoms with Crippen molar-refractivity contribution in [2.75, 3.05) is 5.73 Å². The Kier molecular flexibility index (Phi) is 2.52. The predicted molar refractivity (Wildman–Crippen MR) is 66.6 cm³/mol. The molecule has 0 amide bonds. The molecule has 0 radical (unpaired) electrons. The number of aryl methyl sites for hydroxylation is 2. The maximum Gasteiger partial charge on any atom is 0.254 e. The van der Waals surface area contributed by atoms with Crippen molar-refractivity contribution in [2.24, 2.45) is 0 Å². The van der Waals surface area contributed by atoms with Gasteiger partial charge in [-0.1, -0.05) is 0 Å². The molecule has 0 fully saturated rings. The van der Waals surface area contributed by atoms with Gasteiger partial charge in [0, 0.05) is 23.4 Å². The third-order valence-corrected chi connectivity index (χ3v) is 2.62. The third-order valence-electron chi connectivity index (χ3n) is 2.62. The van der Waals surface area contributed by atoms with Gasteiger partial charge in [-0.3, -0.25) is 0 Å². The fourth-order valence-corrected chi connectivity index (χ4v) is 1.83. The minimum absolute atomic E-state index is 0.530. The van der Waals surface area contributed by atoms with Crippen molar-refractivity contribution >= 4 is 5.82 Å². The number of rotatable bonds is 1. The molecule has 0 saturated heterocycles. The van der Waals surface area contributed by atoms with Gasteiger partial charge in [-0.2, -0.15) is 0 Å². The average molecular weight is 215 g/mol. The molecule has 0 aliphatic carbocycles. The fourth-order valence-electron chi connectivity index (χ4n) is 1.83. The summed E-state index contributed by atoms with van der Waals surface area (Å²) in [6.45, 7) is 3.95. The molecule has 3 nitrogen and oxygen atoms in total. The van der Waals surface area contributed by atoms with Crippen LogP contribution in [0.25, 0.3) is 11.1 Å². The van der Waals surface area contributed by atoms with Crippen LogP contribution in [0.1, 0.15) is 11.3 Å². The first kappa shape index (κ1) is 10.5. The van der Waals surface area contributed by atoms with E-state index in [2.05, 4.69) is 4.98 Å². The molecule has 1 heterocycles. The Bertz CT molecular complexity index is 486. The highest BCUT2D eigenvalue weighted by Gasteiger charge is 2.07. The SMILES string of the molecule is Cc1cc([OH2+])ccc1-c1ccc(N)nc1C. The molecule has 16 heavy (non-hydrogen) atoms. The van der Waals surface area contributed by atoms with Gasteiger partial charge in [0.25, 0.3) is 5.75 Å². The topological polar surface area (TPSA) is 61.8 Å². The summed E-state index contributed by atoms with van der Waals surface area (Å²) >= 11 is 0. The molecule has 0 saturated carbocycles. The number of pyridine rings is 1. The van der Waals surface area contributed by atoms with Gasteiger partial charge in [0.15, 0.2) is 0 Å². The van der Waals surface area contributed by atoms with Gasteiger partial charge in [0.2, 0.25) is 0 Å². The minimum atomic E-state index is 0.530. The van der Waals surface area contributed by atoms with Gasteiger partial charge in [-0.05, 0) is 43.2 Å². The molecule has 0 bridgehead atoms. The lowest BCUT2D eigenvalue weighted by atomic mass is 9.99. The summed E-state index contributed by atoms with van der Waals surface area (Å²) < 4.78 is 0. The van der Waals surface area contributed by atoms with Gasteiger partial charge in [-0.25, -0.2) is 4.98 Å². The fraction of sp³-hybridized carbons (Fsp3) is 0.154. The van der Waals surface area contributed by atoms with Crippen molar-refractivity contribution in [1.82, 2.24) is 4.98 Å². The Morgan fingerprint density at radius 2 is 1.75 bits per heavy atom. The normalized spacial score (nSPS) is 10.4. The first-order valence-electron chi connectivity index (χ1n) is 5.13. The Labute approximate surface area is 94.6 Å². The number of hydrogen-bond donors (Lipinski definition) is 1. The maximum absolute atomic E-state index is 7.55. The van der Waals surface area contributed by atoms with Crippen molar-refractivity contribution in [3.05, 3.63) is 41.6 Å². The van der Waals surface area contributed by atoms with E-state index in [9.17, 15) is 0 Å². The van der Waals surface area contributed by atoms with E-state index >= 15 is 0 Å². The van der Waals surface area contributed by atoms with Crippen LogP contribution in [0.2, 0.25) is 0 Å². The number of nitrogen functional groups attached to an aromatic ring is 1. The summed E-state index contributed by atoms with van der Waals surface area (Å²) in [6, 6.07) is 9.38. The second-order valence-electron chi connectivity index (χ2n) is 3.90. The van der Waals surface area contributed by atoms with Crippen LogP contribution in [0.15, 0.2) is 30.3 Å². The smallest absolute Gasteiger partial charge is 0.254 e. The van der Waals surface area contributed by atoms with E-state index in [1.807, 2.05) is 32.0 Å². The molecule has 2 aromatic rings. The number of aromatic nitrogens is 1. The molecular weight excluding hydrogens is 200 g/mol. The van der Waals surface area contributed by atoms with E-state index in [1.54, 1.807) is 12.1 Å². The minimum Gasteiger partial charge on any atom is -0.593 e. The van der Waals surface area contributed by atoms with Crippen molar-refractivity contribution in [2.45, 2.75) is 13.8 Å². The van der Waals surface area contributed by atoms with Crippen LogP contribution >= 0.6 is 0 Å². The summed E-state index contributed by atoms with van der Waals surface area (Å²) in [6.07, 6.45) is 0. The standard InChI is InChI=1S/C13H14N2O/c1-8-7-10(16)3-4-11(8)12-5-6-13(14)15-9(12)2/h3-7,16H,1-2H3,(H2,14,15)/p+1. The molecule has 2 rings (SSSR count). The summed E-state index contributed by atoms with van der Waals surface area (Å²) in [5.41, 5.74) is 9.82. The second kappa shape index (κ2) is 3.85. The van der Waals surface area contributed by atoms with Crippen LogP contribution < -0.4 is 5.73 Å². The molecule has 1 aromatic heterocycles. The van der Waals surface area contributed by atoms with E-state index in [1.165, 1.54) is 0 Å². The van der Waals surface area contributed by atoms with E-state index in [0.717, 1.165) is 22.4 Å². The largest absolute Gasteiger partial charge is 0.593 e. The zero-order valence-corrected chi connectivity index (χ0v) is 9.41. The lowest BCUT2D eigenvalue weighted by Crippen LogP contribution is -1.95. The van der Waals surface area contributed by atoms with Crippen LogP contribution in [0.3, 0.4) is 0 Å². The van der Waals surface area contributed by atoms with E-state index in [0.29, 0.717) is 11.6 Å². The number of nitrogens with zero attached hydrogens (tertiary/aromatic N) is 1. The van der Waals surface area contributed by atoms with Gasteiger partial charge >= 0.3 is 0 Å². The van der Waals surface area contributed by atoms with Gasteiger partial charge in [-0.15, -0.1) is 0 Å². The van der Waals surface area contributed by atoms with Crippen LogP contribution in [0, 0.1) is 13.8 Å². The van der Waals surface area contributed by atoms with Crippen LogP contribution in [-0.4, -0.2) is 10.1 Å². The van der Waals surface area contributed by atoms with Crippen LogP contribution in [-0.2, 0) is 0 Å². The van der Waals surface area contributed by atoms with E-state index in [-0.39, 0.29) is 0 Å². The summed E-state index contributed by atoms with van der Waals surface area (Å²) in [5, 5.41) is 7.55. The summed E-state index contributed by atoms with van der Waals surface area (Å²) in [7, 11) is 0. The molecule has 0 unspecified atom stereocenters. The zero-order valence-electron chi connectivity index (χ0n) is 9.41. The van der Waals surface area contributed by atoms with Crippen LogP contribution in [0.4, 0.5) is 5.82 Å². The zero-order chi connectivity index (χ0) is 11.7. The molecular formula is C13H15N2O+. The average Bonchev–Trinajstić information content (AvgIpc) is 2.19. The number of benzene rings is 1. The molecule has 0 atom stereocenters. The Morgan fingerprint density at radius 1 is 1.06 bits per heavy atom. The number of anilines is 1. The lowest BCUT2D eigenvalue weighted by Gasteiger charge is -2.08. The van der Waals surface area contributed by atoms with E-state index < -0.39 is 0 Å². The summed E-state index contributed by atoms with van der Waals surface area (Å²) in [4.78, 5) is 4.24. The van der Waals surface area contributed by atoms with E-state index in [4.69, 9.17) is 10.8 Å². The molecule has 0 aliphatic rings. The van der Waals surface area contributed by atoms with Crippen molar-refractivity contribution < 1.29 is 5.11 Å². The van der Waals surface area contributed by atoms with Gasteiger partial charge in [0.05, 0.1) is 0 Å². The van der Waals surface area contributed by atoms with Crippen LogP contribution in [0.5, 0.6) is 5.75 Å². The molecule has 82 valence electrons. The highest BCUT2D eigenvalue weighted by molar-refractivity contribution is 5.70. The Balaban J connectivity index is 2.59. The lowest BCUT2D eigenvalue weighted by molar-refractivity contribution is 0.475. The molecule has 0 spiro atoms. The van der Waals surface area contributed by atoms with Gasteiger partial charge in [0.1, 0.15) is 5.82 Å². The Morgan fingerprint density at radius 3 is 2.38 bits per heavy atom. The third kappa shape index (κ3) is 1.84. The monoisotopic (exact) mass is 215 g/mol. The number of nitrogens with two attached hydrogens (primary N) is 1. The highest BCUT2D eigenvalue weighted by Crippen LogP contribution is 2.28. The predicted octanol–water partition coefficient (Wildman–Crippen LogP) is 2.39. The summed E-state index contributed by atoms with van der Waals surface area (Å²) in [5.74, 6) is 1.07. The Hall–Kier alpha value is -2.03. The quantitative estimate of drug-likeness (QED) is 0.742.